The summed E-state index contributed by atoms with van der Waals surface area (Å²) >= 11 is 0. The number of rotatable bonds is 9. The van der Waals surface area contributed by atoms with E-state index in [1.165, 1.54) is 31.6 Å². The van der Waals surface area contributed by atoms with Gasteiger partial charge >= 0.3 is 12.2 Å². The Hall–Kier alpha value is -6.29. The van der Waals surface area contributed by atoms with Crippen molar-refractivity contribution in [2.45, 2.75) is 37.0 Å². The van der Waals surface area contributed by atoms with E-state index >= 15 is 4.21 Å². The van der Waals surface area contributed by atoms with E-state index in [1.54, 1.807) is 4.68 Å². The zero-order valence-electron chi connectivity index (χ0n) is 29.8. The molecule has 1 aliphatic heterocycles. The molecule has 1 unspecified atom stereocenters. The second kappa shape index (κ2) is 14.5. The summed E-state index contributed by atoms with van der Waals surface area (Å²) in [6.45, 7) is 4.63. The van der Waals surface area contributed by atoms with E-state index in [2.05, 4.69) is 30.1 Å². The molecule has 0 radical (unpaired) electrons. The maximum Gasteiger partial charge on any atom is 0.434 e. The number of ether oxygens (including phenoxy) is 2. The molecule has 6 aromatic rings. The standard InChI is InChI=1S/C39H35F3N8O4S/c1-37(2)24-50-35(54-25-37)30(22-45-50)55(52,49-38(27-13-7-4-8-14-27,28-15-9-5-10-16-28)29-17-11-6-12-18-29)48-36(51)47-34-33(26-19-20-43-32(21-26)53-3)44-23-31(46-34)39(40,41)42/h4-23H,24-25H2,1-3H3,(H2,46,47,48,49,51,52). The lowest BCUT2D eigenvalue weighted by Crippen LogP contribution is -2.39. The number of amides is 2. The van der Waals surface area contributed by atoms with Crippen molar-refractivity contribution < 1.29 is 31.6 Å². The molecular formula is C39H35F3N8O4S. The number of halogens is 3. The first-order chi connectivity index (χ1) is 26.3. The van der Waals surface area contributed by atoms with Gasteiger partial charge in [0, 0.05) is 23.2 Å². The maximum absolute atomic E-state index is 16.0. The fourth-order valence-electron chi connectivity index (χ4n) is 6.29. The van der Waals surface area contributed by atoms with Gasteiger partial charge in [-0.2, -0.15) is 22.6 Å². The lowest BCUT2D eigenvalue weighted by atomic mass is 9.78. The number of anilines is 1. The molecule has 1 aliphatic rings. The predicted molar refractivity (Wildman–Crippen MR) is 199 cm³/mol. The van der Waals surface area contributed by atoms with E-state index < -0.39 is 39.2 Å². The molecular weight excluding hydrogens is 734 g/mol. The summed E-state index contributed by atoms with van der Waals surface area (Å²) in [7, 11) is -2.82. The highest BCUT2D eigenvalue weighted by molar-refractivity contribution is 7.92. The van der Waals surface area contributed by atoms with Gasteiger partial charge in [-0.15, -0.1) is 0 Å². The van der Waals surface area contributed by atoms with Crippen LogP contribution in [0.2, 0.25) is 0 Å². The van der Waals surface area contributed by atoms with E-state index in [1.807, 2.05) is 105 Å². The topological polar surface area (TPSA) is 146 Å². The average molecular weight is 769 g/mol. The third-order valence-corrected chi connectivity index (χ3v) is 10.7. The molecule has 2 N–H and O–H groups in total. The molecule has 0 bridgehead atoms. The third-order valence-electron chi connectivity index (χ3n) is 8.82. The van der Waals surface area contributed by atoms with Crippen molar-refractivity contribution >= 4 is 21.8 Å². The van der Waals surface area contributed by atoms with Crippen LogP contribution in [0, 0.1) is 5.41 Å². The molecule has 0 aliphatic carbocycles. The summed E-state index contributed by atoms with van der Waals surface area (Å²) < 4.78 is 78.4. The van der Waals surface area contributed by atoms with Gasteiger partial charge in [-0.1, -0.05) is 105 Å². The number of hydrogen-bond donors (Lipinski definition) is 2. The molecule has 7 rings (SSSR count). The Balaban J connectivity index is 1.45. The van der Waals surface area contributed by atoms with Crippen molar-refractivity contribution in [1.29, 1.82) is 0 Å². The third kappa shape index (κ3) is 7.45. The van der Waals surface area contributed by atoms with Crippen LogP contribution >= 0.6 is 0 Å². The van der Waals surface area contributed by atoms with Crippen molar-refractivity contribution in [3.05, 3.63) is 144 Å². The smallest absolute Gasteiger partial charge is 0.434 e. The maximum atomic E-state index is 16.0. The second-order valence-corrected chi connectivity index (χ2v) is 15.3. The highest BCUT2D eigenvalue weighted by Gasteiger charge is 2.41. The van der Waals surface area contributed by atoms with Crippen LogP contribution in [0.1, 0.15) is 36.2 Å². The monoisotopic (exact) mass is 768 g/mol. The van der Waals surface area contributed by atoms with Crippen molar-refractivity contribution in [2.24, 2.45) is 9.78 Å². The second-order valence-electron chi connectivity index (χ2n) is 13.4. The number of urea groups is 1. The molecule has 0 fully saturated rings. The van der Waals surface area contributed by atoms with Crippen LogP contribution < -0.4 is 19.5 Å². The zero-order valence-corrected chi connectivity index (χ0v) is 30.6. The van der Waals surface area contributed by atoms with E-state index in [0.29, 0.717) is 29.4 Å². The Kier molecular flexibility index (Phi) is 9.77. The number of alkyl halides is 3. The fraction of sp³-hybridized carbons (Fsp3) is 0.205. The van der Waals surface area contributed by atoms with Gasteiger partial charge < -0.3 is 9.47 Å². The molecule has 3 aromatic carbocycles. The van der Waals surface area contributed by atoms with Crippen LogP contribution in [0.3, 0.4) is 0 Å². The number of carbonyl (C=O) groups excluding carboxylic acids is 1. The number of hydrogen-bond acceptors (Lipinski definition) is 9. The van der Waals surface area contributed by atoms with Gasteiger partial charge in [-0.3, -0.25) is 10.3 Å². The quantitative estimate of drug-likeness (QED) is 0.142. The highest BCUT2D eigenvalue weighted by Crippen LogP contribution is 2.44. The number of nitrogens with one attached hydrogen (secondary N) is 2. The van der Waals surface area contributed by atoms with Crippen LogP contribution in [-0.4, -0.2) is 48.7 Å². The summed E-state index contributed by atoms with van der Waals surface area (Å²) in [4.78, 5) is 26.0. The Morgan fingerprint density at radius 2 is 1.51 bits per heavy atom. The molecule has 0 saturated heterocycles. The Bertz CT molecular complexity index is 2360. The van der Waals surface area contributed by atoms with Gasteiger partial charge in [-0.05, 0) is 22.8 Å². The number of fused-ring (bicyclic) bond motifs is 1. The van der Waals surface area contributed by atoms with Crippen molar-refractivity contribution in [3.63, 3.8) is 0 Å². The van der Waals surface area contributed by atoms with Gasteiger partial charge in [0.05, 0.1) is 32.7 Å². The predicted octanol–water partition coefficient (Wildman–Crippen LogP) is 7.74. The van der Waals surface area contributed by atoms with Crippen LogP contribution in [0.25, 0.3) is 11.3 Å². The van der Waals surface area contributed by atoms with Crippen LogP contribution in [-0.2, 0) is 28.2 Å². The number of pyridine rings is 1. The molecule has 1 atom stereocenters. The van der Waals surface area contributed by atoms with E-state index in [4.69, 9.17) is 13.8 Å². The summed E-state index contributed by atoms with van der Waals surface area (Å²) in [6.07, 6.45) is -1.66. The lowest BCUT2D eigenvalue weighted by molar-refractivity contribution is -0.141. The molecule has 282 valence electrons. The molecule has 55 heavy (non-hydrogen) atoms. The Morgan fingerprint density at radius 1 is 0.909 bits per heavy atom. The van der Waals surface area contributed by atoms with Crippen molar-refractivity contribution in [1.82, 2.24) is 29.5 Å². The number of methoxy groups -OCH3 is 1. The SMILES string of the molecule is COc1cc(-c2ncc(C(F)(F)F)nc2NC(=O)NS(=O)(=NC(c2ccccc2)(c2ccccc2)c2ccccc2)c2cnn3c2OCC(C)(C)C3)ccn1. The van der Waals surface area contributed by atoms with Gasteiger partial charge in [0.1, 0.15) is 16.1 Å². The number of carbonyl (C=O) groups is 1. The first kappa shape index (κ1) is 37.0. The van der Waals surface area contributed by atoms with E-state index in [-0.39, 0.29) is 39.9 Å². The molecule has 3 aromatic heterocycles. The Morgan fingerprint density at radius 3 is 2.07 bits per heavy atom. The summed E-state index contributed by atoms with van der Waals surface area (Å²) in [5.74, 6) is -0.303. The summed E-state index contributed by atoms with van der Waals surface area (Å²) in [6, 6.07) is 29.2. The molecule has 12 nitrogen and oxygen atoms in total. The number of aromatic nitrogens is 5. The van der Waals surface area contributed by atoms with Crippen LogP contribution in [0.4, 0.5) is 23.8 Å². The van der Waals surface area contributed by atoms with Gasteiger partial charge in [0.15, 0.2) is 21.4 Å². The minimum Gasteiger partial charge on any atom is -0.481 e. The highest BCUT2D eigenvalue weighted by atomic mass is 32.2. The first-order valence-corrected chi connectivity index (χ1v) is 18.5. The largest absolute Gasteiger partial charge is 0.481 e. The summed E-state index contributed by atoms with van der Waals surface area (Å²) in [5.41, 5.74) is -1.26. The first-order valence-electron chi connectivity index (χ1n) is 17.0. The molecule has 2 amide bonds. The van der Waals surface area contributed by atoms with E-state index in [9.17, 15) is 18.0 Å². The minimum atomic E-state index is -4.90. The van der Waals surface area contributed by atoms with E-state index in [0.717, 1.165) is 0 Å². The lowest BCUT2D eigenvalue weighted by Gasteiger charge is -2.33. The minimum absolute atomic E-state index is 0.0421. The molecule has 0 spiro atoms. The van der Waals surface area contributed by atoms with Crippen molar-refractivity contribution in [3.8, 4) is 23.0 Å². The molecule has 0 saturated carbocycles. The van der Waals surface area contributed by atoms with Crippen LogP contribution in [0.5, 0.6) is 11.8 Å². The molecule has 16 heteroatoms. The van der Waals surface area contributed by atoms with Gasteiger partial charge in [0.2, 0.25) is 11.8 Å². The zero-order chi connectivity index (χ0) is 38.8. The number of nitrogens with zero attached hydrogens (tertiary/aromatic N) is 6. The number of benzene rings is 3. The van der Waals surface area contributed by atoms with Gasteiger partial charge in [-0.25, -0.2) is 28.4 Å². The molecule has 4 heterocycles. The average Bonchev–Trinajstić information content (AvgIpc) is 3.60. The van der Waals surface area contributed by atoms with Crippen LogP contribution in [0.15, 0.2) is 131 Å². The Labute approximate surface area is 315 Å². The normalized spacial score (nSPS) is 14.8. The van der Waals surface area contributed by atoms with Gasteiger partial charge in [0.25, 0.3) is 0 Å². The van der Waals surface area contributed by atoms with Crippen molar-refractivity contribution in [2.75, 3.05) is 19.0 Å². The summed E-state index contributed by atoms with van der Waals surface area (Å²) in [5, 5.41) is 6.87. The fourth-order valence-corrected chi connectivity index (χ4v) is 8.14.